The molecule has 0 bridgehead atoms. The molecule has 8 heteroatoms. The Kier molecular flexibility index (Phi) is 8.24. The van der Waals surface area contributed by atoms with Gasteiger partial charge in [0.05, 0.1) is 18.7 Å². The maximum atomic E-state index is 13.8. The summed E-state index contributed by atoms with van der Waals surface area (Å²) in [6.45, 7) is 6.35. The monoisotopic (exact) mass is 522 g/mol. The summed E-state index contributed by atoms with van der Waals surface area (Å²) in [7, 11) is 1.65. The van der Waals surface area contributed by atoms with Crippen molar-refractivity contribution in [2.75, 3.05) is 20.3 Å². The van der Waals surface area contributed by atoms with Gasteiger partial charge in [-0.2, -0.15) is 0 Å². The Morgan fingerprint density at radius 3 is 2.36 bits per heavy atom. The summed E-state index contributed by atoms with van der Waals surface area (Å²) >= 11 is 0. The standard InChI is InChI=1S/C31H34N6O2/c1-22-14-15-23(2)28-26(22)20-27(31(38)32-28)29(30-33-34-35-37(30)18-19-39-3)36(21-25-12-8-5-9-13-25)17-16-24-10-6-4-7-11-24/h4-15,20,29H,16-19,21H2,1-3H3,(H,32,38). The first-order chi connectivity index (χ1) is 19.0. The summed E-state index contributed by atoms with van der Waals surface area (Å²) in [5.41, 5.74) is 5.85. The number of benzene rings is 3. The lowest BCUT2D eigenvalue weighted by Crippen LogP contribution is -2.36. The molecule has 8 nitrogen and oxygen atoms in total. The van der Waals surface area contributed by atoms with E-state index in [0.717, 1.165) is 34.0 Å². The minimum absolute atomic E-state index is 0.139. The van der Waals surface area contributed by atoms with Crippen LogP contribution >= 0.6 is 0 Å². The van der Waals surface area contributed by atoms with E-state index in [1.165, 1.54) is 5.56 Å². The third-order valence-electron chi connectivity index (χ3n) is 7.20. The molecule has 2 heterocycles. The Morgan fingerprint density at radius 1 is 0.949 bits per heavy atom. The Bertz CT molecular complexity index is 1580. The highest BCUT2D eigenvalue weighted by molar-refractivity contribution is 5.85. The Balaban J connectivity index is 1.67. The summed E-state index contributed by atoms with van der Waals surface area (Å²) in [4.78, 5) is 19.3. The van der Waals surface area contributed by atoms with Gasteiger partial charge in [-0.15, -0.1) is 5.10 Å². The van der Waals surface area contributed by atoms with E-state index in [1.54, 1.807) is 11.8 Å². The minimum atomic E-state index is -0.478. The van der Waals surface area contributed by atoms with E-state index in [4.69, 9.17) is 4.74 Å². The van der Waals surface area contributed by atoms with E-state index >= 15 is 0 Å². The second-order valence-corrected chi connectivity index (χ2v) is 9.89. The smallest absolute Gasteiger partial charge is 0.253 e. The average molecular weight is 523 g/mol. The molecule has 5 aromatic rings. The number of tetrazole rings is 1. The van der Waals surface area contributed by atoms with Gasteiger partial charge < -0.3 is 9.72 Å². The van der Waals surface area contributed by atoms with Crippen molar-refractivity contribution in [3.63, 3.8) is 0 Å². The molecule has 0 aliphatic carbocycles. The summed E-state index contributed by atoms with van der Waals surface area (Å²) < 4.78 is 7.08. The molecular formula is C31H34N6O2. The van der Waals surface area contributed by atoms with Crippen molar-refractivity contribution in [2.24, 2.45) is 0 Å². The molecule has 0 radical (unpaired) electrons. The maximum Gasteiger partial charge on any atom is 0.253 e. The van der Waals surface area contributed by atoms with Crippen molar-refractivity contribution in [3.8, 4) is 0 Å². The second kappa shape index (κ2) is 12.1. The number of nitrogens with zero attached hydrogens (tertiary/aromatic N) is 5. The Morgan fingerprint density at radius 2 is 1.64 bits per heavy atom. The van der Waals surface area contributed by atoms with E-state index in [0.29, 0.717) is 37.6 Å². The maximum absolute atomic E-state index is 13.8. The number of H-pyrrole nitrogens is 1. The number of nitrogens with one attached hydrogen (secondary N) is 1. The lowest BCUT2D eigenvalue weighted by molar-refractivity contribution is 0.172. The van der Waals surface area contributed by atoms with Crippen molar-refractivity contribution in [1.82, 2.24) is 30.1 Å². The van der Waals surface area contributed by atoms with Crippen LogP contribution in [-0.2, 0) is 24.2 Å². The number of methoxy groups -OCH3 is 1. The molecule has 0 aliphatic rings. The summed E-state index contributed by atoms with van der Waals surface area (Å²) in [6.07, 6.45) is 0.813. The lowest BCUT2D eigenvalue weighted by atomic mass is 9.98. The van der Waals surface area contributed by atoms with Crippen LogP contribution in [0.25, 0.3) is 10.9 Å². The SMILES string of the molecule is COCCn1nnnc1C(c1cc2c(C)ccc(C)c2[nH]c1=O)N(CCc1ccccc1)Cc1ccccc1. The molecule has 0 spiro atoms. The number of ether oxygens (including phenoxy) is 1. The highest BCUT2D eigenvalue weighted by Gasteiger charge is 2.31. The van der Waals surface area contributed by atoms with E-state index < -0.39 is 6.04 Å². The van der Waals surface area contributed by atoms with Gasteiger partial charge >= 0.3 is 0 Å². The second-order valence-electron chi connectivity index (χ2n) is 9.89. The third-order valence-corrected chi connectivity index (χ3v) is 7.20. The zero-order valence-electron chi connectivity index (χ0n) is 22.7. The third kappa shape index (κ3) is 5.97. The highest BCUT2D eigenvalue weighted by atomic mass is 16.5. The molecule has 200 valence electrons. The van der Waals surface area contributed by atoms with Crippen LogP contribution in [0.15, 0.2) is 83.7 Å². The van der Waals surface area contributed by atoms with Crippen LogP contribution in [0, 0.1) is 13.8 Å². The van der Waals surface area contributed by atoms with E-state index in [9.17, 15) is 4.79 Å². The fourth-order valence-electron chi connectivity index (χ4n) is 5.07. The Labute approximate surface area is 228 Å². The molecule has 3 aromatic carbocycles. The number of rotatable bonds is 11. The molecule has 1 N–H and O–H groups in total. The van der Waals surface area contributed by atoms with Gasteiger partial charge in [0, 0.05) is 31.1 Å². The van der Waals surface area contributed by atoms with Crippen LogP contribution in [-0.4, -0.2) is 50.4 Å². The van der Waals surface area contributed by atoms with Crippen LogP contribution in [0.1, 0.15) is 39.7 Å². The largest absolute Gasteiger partial charge is 0.383 e. The molecule has 0 saturated heterocycles. The molecule has 5 rings (SSSR count). The van der Waals surface area contributed by atoms with Crippen molar-refractivity contribution < 1.29 is 4.74 Å². The number of pyridine rings is 1. The van der Waals surface area contributed by atoms with Crippen LogP contribution < -0.4 is 5.56 Å². The molecule has 0 aliphatic heterocycles. The van der Waals surface area contributed by atoms with E-state index in [-0.39, 0.29) is 5.56 Å². The number of hydrogen-bond acceptors (Lipinski definition) is 6. The normalized spacial score (nSPS) is 12.3. The lowest BCUT2D eigenvalue weighted by Gasteiger charge is -2.31. The van der Waals surface area contributed by atoms with Gasteiger partial charge in [0.1, 0.15) is 6.04 Å². The van der Waals surface area contributed by atoms with Gasteiger partial charge in [-0.05, 0) is 59.0 Å². The van der Waals surface area contributed by atoms with Crippen molar-refractivity contribution in [1.29, 1.82) is 0 Å². The zero-order chi connectivity index (χ0) is 27.2. The van der Waals surface area contributed by atoms with Gasteiger partial charge in [-0.3, -0.25) is 9.69 Å². The zero-order valence-corrected chi connectivity index (χ0v) is 22.7. The van der Waals surface area contributed by atoms with Crippen molar-refractivity contribution >= 4 is 10.9 Å². The number of aromatic amines is 1. The van der Waals surface area contributed by atoms with Crippen LogP contribution in [0.4, 0.5) is 0 Å². The molecule has 0 saturated carbocycles. The van der Waals surface area contributed by atoms with E-state index in [1.807, 2.05) is 43.3 Å². The highest BCUT2D eigenvalue weighted by Crippen LogP contribution is 2.30. The first-order valence-corrected chi connectivity index (χ1v) is 13.2. The van der Waals surface area contributed by atoms with Crippen molar-refractivity contribution in [3.05, 3.63) is 123 Å². The summed E-state index contributed by atoms with van der Waals surface area (Å²) in [5, 5.41) is 13.8. The fourth-order valence-corrected chi connectivity index (χ4v) is 5.07. The van der Waals surface area contributed by atoms with Gasteiger partial charge in [-0.25, -0.2) is 4.68 Å². The summed E-state index contributed by atoms with van der Waals surface area (Å²) in [6, 6.07) is 26.4. The van der Waals surface area contributed by atoms with Gasteiger partial charge in [0.15, 0.2) is 5.82 Å². The predicted molar refractivity (Wildman–Crippen MR) is 153 cm³/mol. The molecule has 39 heavy (non-hydrogen) atoms. The minimum Gasteiger partial charge on any atom is -0.383 e. The van der Waals surface area contributed by atoms with E-state index in [2.05, 4.69) is 74.8 Å². The number of hydrogen-bond donors (Lipinski definition) is 1. The number of fused-ring (bicyclic) bond motifs is 1. The first kappa shape index (κ1) is 26.5. The van der Waals surface area contributed by atoms with Crippen LogP contribution in [0.2, 0.25) is 0 Å². The molecular weight excluding hydrogens is 488 g/mol. The van der Waals surface area contributed by atoms with Crippen molar-refractivity contribution in [2.45, 2.75) is 39.4 Å². The molecule has 1 atom stereocenters. The number of aryl methyl sites for hydroxylation is 2. The molecule has 0 amide bonds. The quantitative estimate of drug-likeness (QED) is 0.273. The first-order valence-electron chi connectivity index (χ1n) is 13.2. The summed E-state index contributed by atoms with van der Waals surface area (Å²) in [5.74, 6) is 0.617. The number of aromatic nitrogens is 5. The molecule has 0 fully saturated rings. The average Bonchev–Trinajstić information content (AvgIpc) is 3.42. The van der Waals surface area contributed by atoms with Gasteiger partial charge in [-0.1, -0.05) is 72.8 Å². The fraction of sp³-hybridized carbons (Fsp3) is 0.290. The molecule has 2 aromatic heterocycles. The van der Waals surface area contributed by atoms with Crippen LogP contribution in [0.5, 0.6) is 0 Å². The Hall–Kier alpha value is -4.14. The predicted octanol–water partition coefficient (Wildman–Crippen LogP) is 4.61. The van der Waals surface area contributed by atoms with Gasteiger partial charge in [0.2, 0.25) is 0 Å². The molecule has 1 unspecified atom stereocenters. The van der Waals surface area contributed by atoms with Gasteiger partial charge in [0.25, 0.3) is 5.56 Å². The topological polar surface area (TPSA) is 88.9 Å². The van der Waals surface area contributed by atoms with Crippen LogP contribution in [0.3, 0.4) is 0 Å².